The van der Waals surface area contributed by atoms with Crippen LogP contribution in [0.5, 0.6) is 5.88 Å². The minimum atomic E-state index is -0.696. The maximum Gasteiger partial charge on any atom is 0.410 e. The van der Waals surface area contributed by atoms with Gasteiger partial charge < -0.3 is 34.7 Å². The molecule has 4 heterocycles. The number of aromatic nitrogens is 3. The van der Waals surface area contributed by atoms with Gasteiger partial charge in [-0.25, -0.2) is 14.8 Å². The number of benzene rings is 2. The second kappa shape index (κ2) is 16.4. The molecule has 11 nitrogen and oxygen atoms in total. The Morgan fingerprint density at radius 2 is 1.63 bits per heavy atom. The fourth-order valence-electron chi connectivity index (χ4n) is 6.65. The summed E-state index contributed by atoms with van der Waals surface area (Å²) < 4.78 is 13.4. The smallest absolute Gasteiger partial charge is 0.410 e. The molecule has 3 aromatic heterocycles. The van der Waals surface area contributed by atoms with Crippen molar-refractivity contribution in [1.82, 2.24) is 30.1 Å². The highest BCUT2D eigenvalue weighted by atomic mass is 35.5. The number of carbonyl (C=O) groups excluding carboxylic acids is 2. The molecule has 0 unspecified atom stereocenters. The molecule has 54 heavy (non-hydrogen) atoms. The molecule has 2 aromatic carbocycles. The van der Waals surface area contributed by atoms with Crippen molar-refractivity contribution < 1.29 is 24.2 Å². The third-order valence-corrected chi connectivity index (χ3v) is 9.98. The van der Waals surface area contributed by atoms with E-state index in [1.165, 1.54) is 7.11 Å². The molecule has 13 heteroatoms. The summed E-state index contributed by atoms with van der Waals surface area (Å²) in [5.41, 5.74) is 6.12. The van der Waals surface area contributed by atoms with Crippen molar-refractivity contribution in [2.75, 3.05) is 20.2 Å². The number of rotatable bonds is 12. The predicted octanol–water partition coefficient (Wildman–Crippen LogP) is 7.77. The van der Waals surface area contributed by atoms with Crippen LogP contribution < -0.4 is 15.4 Å². The lowest BCUT2D eigenvalue weighted by atomic mass is 9.98. The van der Waals surface area contributed by atoms with Crippen LogP contribution >= 0.6 is 23.2 Å². The van der Waals surface area contributed by atoms with Gasteiger partial charge in [-0.1, -0.05) is 59.6 Å². The van der Waals surface area contributed by atoms with Gasteiger partial charge in [0.15, 0.2) is 0 Å². The van der Waals surface area contributed by atoms with Gasteiger partial charge in [0.2, 0.25) is 11.8 Å². The third kappa shape index (κ3) is 8.81. The second-order valence-corrected chi connectivity index (χ2v) is 15.4. The molecule has 0 aliphatic carbocycles. The molecule has 0 bridgehead atoms. The predicted molar refractivity (Wildman–Crippen MR) is 213 cm³/mol. The highest BCUT2D eigenvalue weighted by Gasteiger charge is 2.29. The van der Waals surface area contributed by atoms with Crippen LogP contribution in [0.25, 0.3) is 44.7 Å². The molecule has 3 N–H and O–H groups in total. The number of nitrogens with one attached hydrogen (secondary N) is 2. The highest BCUT2D eigenvalue weighted by Crippen LogP contribution is 2.42. The third-order valence-electron chi connectivity index (χ3n) is 9.17. The number of aryl methyl sites for hydroxylation is 1. The topological polar surface area (TPSA) is 131 Å². The van der Waals surface area contributed by atoms with E-state index in [4.69, 9.17) is 42.6 Å². The number of amides is 2. The lowest BCUT2D eigenvalue weighted by Crippen LogP contribution is -2.43. The fraction of sp³-hybridized carbons (Fsp3) is 0.366. The van der Waals surface area contributed by atoms with Crippen LogP contribution in [0.3, 0.4) is 0 Å². The number of methoxy groups -OCH3 is 1. The Balaban J connectivity index is 1.28. The molecule has 2 atom stereocenters. The summed E-state index contributed by atoms with van der Waals surface area (Å²) in [5.74, 6) is 0.306. The van der Waals surface area contributed by atoms with Crippen LogP contribution in [0.1, 0.15) is 51.7 Å². The van der Waals surface area contributed by atoms with Gasteiger partial charge in [0.1, 0.15) is 11.2 Å². The number of fused-ring (bicyclic) bond motifs is 1. The molecule has 1 aliphatic heterocycles. The molecule has 284 valence electrons. The standard InChI is InChI=1S/C41H46Cl2N6O5/c1-24(50)19-44-20-26-21-48(5)38-28(26)15-17-33(46-38)31-11-7-9-29(36(31)42)30-10-8-12-32(37(30)43)34-16-13-25(39(47-34)53-6)22-49(40(52)54-41(2,3)4)23-27-14-18-35(51)45-27/h7-13,15-17,21,24,27,44,50H,14,18-20,22-23H2,1-6H3,(H,45,51)/t24-,27-/m0/s1. The molecular weight excluding hydrogens is 727 g/mol. The van der Waals surface area contributed by atoms with Gasteiger partial charge in [0.25, 0.3) is 0 Å². The average Bonchev–Trinajstić information content (AvgIpc) is 3.68. The van der Waals surface area contributed by atoms with Crippen molar-refractivity contribution in [3.63, 3.8) is 0 Å². The Bertz CT molecular complexity index is 2180. The van der Waals surface area contributed by atoms with Gasteiger partial charge in [-0.15, -0.1) is 0 Å². The number of hydrogen-bond donors (Lipinski definition) is 3. The maximum absolute atomic E-state index is 13.3. The van der Waals surface area contributed by atoms with Crippen molar-refractivity contribution in [3.8, 4) is 39.5 Å². The normalized spacial score (nSPS) is 15.0. The van der Waals surface area contributed by atoms with Crippen molar-refractivity contribution in [1.29, 1.82) is 0 Å². The van der Waals surface area contributed by atoms with Crippen LogP contribution in [-0.2, 0) is 29.7 Å². The first kappa shape index (κ1) is 39.0. The number of aliphatic hydroxyl groups excluding tert-OH is 1. The molecular formula is C41H46Cl2N6O5. The van der Waals surface area contributed by atoms with E-state index < -0.39 is 17.8 Å². The monoisotopic (exact) mass is 772 g/mol. The molecule has 0 saturated carbocycles. The summed E-state index contributed by atoms with van der Waals surface area (Å²) in [7, 11) is 3.49. The van der Waals surface area contributed by atoms with Gasteiger partial charge >= 0.3 is 6.09 Å². The number of nitrogens with zero attached hydrogens (tertiary/aromatic N) is 4. The first-order valence-corrected chi connectivity index (χ1v) is 18.7. The van der Waals surface area contributed by atoms with Gasteiger partial charge in [-0.2, -0.15) is 0 Å². The largest absolute Gasteiger partial charge is 0.481 e. The van der Waals surface area contributed by atoms with Gasteiger partial charge in [-0.05, 0) is 63.9 Å². The van der Waals surface area contributed by atoms with Crippen LogP contribution in [-0.4, -0.2) is 74.5 Å². The van der Waals surface area contributed by atoms with E-state index in [0.717, 1.165) is 39.0 Å². The van der Waals surface area contributed by atoms with Crippen LogP contribution in [0.15, 0.2) is 66.9 Å². The lowest BCUT2D eigenvalue weighted by Gasteiger charge is -2.29. The number of ether oxygens (including phenoxy) is 2. The number of carbonyl (C=O) groups is 2. The summed E-state index contributed by atoms with van der Waals surface area (Å²) in [5, 5.41) is 17.9. The minimum Gasteiger partial charge on any atom is -0.481 e. The molecule has 1 saturated heterocycles. The molecule has 1 fully saturated rings. The van der Waals surface area contributed by atoms with Gasteiger partial charge in [0, 0.05) is 78.5 Å². The van der Waals surface area contributed by atoms with E-state index in [9.17, 15) is 14.7 Å². The summed E-state index contributed by atoms with van der Waals surface area (Å²) in [6.07, 6.45) is 2.19. The number of aliphatic hydroxyl groups is 1. The lowest BCUT2D eigenvalue weighted by molar-refractivity contribution is -0.119. The second-order valence-electron chi connectivity index (χ2n) is 14.7. The van der Waals surface area contributed by atoms with Crippen molar-refractivity contribution in [2.45, 2.75) is 71.4 Å². The maximum atomic E-state index is 13.3. The summed E-state index contributed by atoms with van der Waals surface area (Å²) >= 11 is 14.3. The van der Waals surface area contributed by atoms with Crippen molar-refractivity contribution in [2.24, 2.45) is 7.05 Å². The van der Waals surface area contributed by atoms with Crippen LogP contribution in [0.2, 0.25) is 10.0 Å². The van der Waals surface area contributed by atoms with Crippen molar-refractivity contribution >= 4 is 46.2 Å². The molecule has 2 amide bonds. The summed E-state index contributed by atoms with van der Waals surface area (Å²) in [4.78, 5) is 36.6. The highest BCUT2D eigenvalue weighted by molar-refractivity contribution is 6.39. The van der Waals surface area contributed by atoms with E-state index in [2.05, 4.69) is 16.7 Å². The Morgan fingerprint density at radius 3 is 2.22 bits per heavy atom. The van der Waals surface area contributed by atoms with Crippen molar-refractivity contribution in [3.05, 3.63) is 88.0 Å². The van der Waals surface area contributed by atoms with E-state index in [0.29, 0.717) is 58.7 Å². The molecule has 1 aliphatic rings. The van der Waals surface area contributed by atoms with E-state index in [1.807, 2.05) is 93.2 Å². The quantitative estimate of drug-likeness (QED) is 0.117. The Kier molecular flexibility index (Phi) is 11.8. The Labute approximate surface area is 325 Å². The first-order chi connectivity index (χ1) is 25.7. The van der Waals surface area contributed by atoms with Crippen LogP contribution in [0.4, 0.5) is 4.79 Å². The zero-order valence-corrected chi connectivity index (χ0v) is 32.9. The van der Waals surface area contributed by atoms with E-state index in [-0.39, 0.29) is 25.0 Å². The summed E-state index contributed by atoms with van der Waals surface area (Å²) in [6.45, 7) is 8.77. The minimum absolute atomic E-state index is 0.0296. The Hall–Kier alpha value is -4.68. The molecule has 0 radical (unpaired) electrons. The average molecular weight is 774 g/mol. The molecule has 5 aromatic rings. The van der Waals surface area contributed by atoms with Crippen LogP contribution in [0, 0.1) is 0 Å². The zero-order chi connectivity index (χ0) is 38.7. The van der Waals surface area contributed by atoms with Gasteiger partial charge in [-0.3, -0.25) is 4.79 Å². The summed E-state index contributed by atoms with van der Waals surface area (Å²) in [6, 6.07) is 19.1. The van der Waals surface area contributed by atoms with E-state index >= 15 is 0 Å². The number of pyridine rings is 2. The zero-order valence-electron chi connectivity index (χ0n) is 31.4. The molecule has 0 spiro atoms. The number of halogens is 2. The number of hydrogen-bond acceptors (Lipinski definition) is 8. The Morgan fingerprint density at radius 1 is 1.00 bits per heavy atom. The fourth-order valence-corrected chi connectivity index (χ4v) is 7.30. The van der Waals surface area contributed by atoms with E-state index in [1.54, 1.807) is 11.8 Å². The first-order valence-electron chi connectivity index (χ1n) is 18.0. The molecule has 6 rings (SSSR count). The SMILES string of the molecule is COc1nc(-c2cccc(-c3cccc(-c4ccc5c(CNC[C@H](C)O)cn(C)c5n4)c3Cl)c2Cl)ccc1CN(C[C@@H]1CCC(=O)N1)C(=O)OC(C)(C)C. The van der Waals surface area contributed by atoms with Gasteiger partial charge in [0.05, 0.1) is 41.2 Å².